The van der Waals surface area contributed by atoms with Gasteiger partial charge in [-0.25, -0.2) is 0 Å². The summed E-state index contributed by atoms with van der Waals surface area (Å²) >= 11 is 0. The Hall–Kier alpha value is -1.39. The van der Waals surface area contributed by atoms with Gasteiger partial charge in [0.1, 0.15) is 0 Å². The van der Waals surface area contributed by atoms with Crippen LogP contribution in [-0.4, -0.2) is 49.4 Å². The molecule has 21 heavy (non-hydrogen) atoms. The number of nitrogens with two attached hydrogens (primary N) is 1. The minimum Gasteiger partial charge on any atom is -0.342 e. The Balaban J connectivity index is 2.65. The van der Waals surface area contributed by atoms with Gasteiger partial charge in [-0.05, 0) is 44.1 Å². The van der Waals surface area contributed by atoms with E-state index in [0.29, 0.717) is 12.5 Å². The fourth-order valence-electron chi connectivity index (χ4n) is 2.17. The fraction of sp³-hybridized carbons (Fsp3) is 0.588. The van der Waals surface area contributed by atoms with Gasteiger partial charge in [-0.3, -0.25) is 4.79 Å². The first-order chi connectivity index (χ1) is 9.81. The molecule has 1 amide bonds. The first-order valence-corrected chi connectivity index (χ1v) is 7.56. The van der Waals surface area contributed by atoms with Crippen molar-refractivity contribution in [2.24, 2.45) is 11.7 Å². The maximum absolute atomic E-state index is 12.4. The van der Waals surface area contributed by atoms with E-state index in [1.165, 1.54) is 0 Å². The lowest BCUT2D eigenvalue weighted by atomic mass is 10.0. The van der Waals surface area contributed by atoms with Crippen molar-refractivity contribution in [1.29, 1.82) is 0 Å². The molecule has 1 aromatic rings. The molecule has 0 heterocycles. The topological polar surface area (TPSA) is 49.6 Å². The molecule has 0 spiro atoms. The molecule has 0 radical (unpaired) electrons. The Labute approximate surface area is 128 Å². The van der Waals surface area contributed by atoms with Gasteiger partial charge in [-0.1, -0.05) is 26.0 Å². The molecule has 0 aliphatic carbocycles. The summed E-state index contributed by atoms with van der Waals surface area (Å²) in [6.07, 6.45) is 0.831. The van der Waals surface area contributed by atoms with Crippen LogP contribution in [0.2, 0.25) is 0 Å². The zero-order valence-corrected chi connectivity index (χ0v) is 14.0. The van der Waals surface area contributed by atoms with Crippen molar-refractivity contribution >= 4 is 5.91 Å². The van der Waals surface area contributed by atoms with E-state index in [1.54, 1.807) is 4.90 Å². The van der Waals surface area contributed by atoms with E-state index in [1.807, 2.05) is 45.4 Å². The van der Waals surface area contributed by atoms with E-state index in [9.17, 15) is 4.79 Å². The van der Waals surface area contributed by atoms with Crippen LogP contribution >= 0.6 is 0 Å². The van der Waals surface area contributed by atoms with E-state index < -0.39 is 0 Å². The smallest absolute Gasteiger partial charge is 0.253 e. The van der Waals surface area contributed by atoms with Crippen LogP contribution in [0.25, 0.3) is 0 Å². The second kappa shape index (κ2) is 8.15. The number of rotatable bonds is 7. The lowest BCUT2D eigenvalue weighted by Crippen LogP contribution is -2.34. The largest absolute Gasteiger partial charge is 0.342 e. The Bertz CT molecular complexity index is 457. The van der Waals surface area contributed by atoms with E-state index in [-0.39, 0.29) is 11.9 Å². The first-order valence-electron chi connectivity index (χ1n) is 7.56. The average Bonchev–Trinajstić information content (AvgIpc) is 2.42. The molecule has 1 rings (SSSR count). The van der Waals surface area contributed by atoms with Crippen LogP contribution in [-0.2, 0) is 6.54 Å². The number of amides is 1. The summed E-state index contributed by atoms with van der Waals surface area (Å²) in [5, 5.41) is 0. The van der Waals surface area contributed by atoms with Crippen molar-refractivity contribution < 1.29 is 4.79 Å². The molecular weight excluding hydrogens is 262 g/mol. The number of nitrogens with zero attached hydrogens (tertiary/aromatic N) is 2. The number of hydrogen-bond acceptors (Lipinski definition) is 3. The van der Waals surface area contributed by atoms with E-state index in [4.69, 9.17) is 5.73 Å². The lowest BCUT2D eigenvalue weighted by Gasteiger charge is -2.22. The lowest BCUT2D eigenvalue weighted by molar-refractivity contribution is 0.0789. The molecule has 0 fully saturated rings. The molecule has 0 saturated carbocycles. The van der Waals surface area contributed by atoms with Gasteiger partial charge in [0.2, 0.25) is 0 Å². The molecule has 0 aliphatic heterocycles. The summed E-state index contributed by atoms with van der Waals surface area (Å²) in [5.74, 6) is 0.503. The Morgan fingerprint density at radius 1 is 1.24 bits per heavy atom. The minimum absolute atomic E-state index is 0.0616. The molecule has 0 aromatic heterocycles. The number of carbonyl (C=O) groups excluding carboxylic acids is 1. The average molecular weight is 291 g/mol. The summed E-state index contributed by atoms with van der Waals surface area (Å²) in [5.41, 5.74) is 7.94. The van der Waals surface area contributed by atoms with E-state index >= 15 is 0 Å². The van der Waals surface area contributed by atoms with Gasteiger partial charge in [-0.2, -0.15) is 0 Å². The van der Waals surface area contributed by atoms with E-state index in [2.05, 4.69) is 18.7 Å². The maximum atomic E-state index is 12.4. The van der Waals surface area contributed by atoms with Crippen molar-refractivity contribution in [3.05, 3.63) is 35.4 Å². The fourth-order valence-corrected chi connectivity index (χ4v) is 2.17. The molecule has 4 heteroatoms. The maximum Gasteiger partial charge on any atom is 0.253 e. The highest BCUT2D eigenvalue weighted by atomic mass is 16.2. The zero-order chi connectivity index (χ0) is 16.0. The molecule has 0 saturated heterocycles. The van der Waals surface area contributed by atoms with Crippen LogP contribution < -0.4 is 5.73 Å². The summed E-state index contributed by atoms with van der Waals surface area (Å²) < 4.78 is 0. The highest BCUT2D eigenvalue weighted by Crippen LogP contribution is 2.11. The third-order valence-corrected chi connectivity index (χ3v) is 3.67. The van der Waals surface area contributed by atoms with Gasteiger partial charge >= 0.3 is 0 Å². The molecule has 2 N–H and O–H groups in total. The summed E-state index contributed by atoms with van der Waals surface area (Å²) in [6.45, 7) is 5.74. The molecule has 1 atom stereocenters. The number of benzene rings is 1. The Morgan fingerprint density at radius 2 is 1.90 bits per heavy atom. The van der Waals surface area contributed by atoms with Crippen LogP contribution in [0.4, 0.5) is 0 Å². The monoisotopic (exact) mass is 291 g/mol. The summed E-state index contributed by atoms with van der Waals surface area (Å²) in [6, 6.07) is 7.98. The second-order valence-corrected chi connectivity index (χ2v) is 6.36. The molecule has 1 aromatic carbocycles. The van der Waals surface area contributed by atoms with E-state index in [0.717, 1.165) is 24.1 Å². The number of carbonyl (C=O) groups is 1. The van der Waals surface area contributed by atoms with Gasteiger partial charge in [0.25, 0.3) is 5.91 Å². The van der Waals surface area contributed by atoms with Gasteiger partial charge in [0.15, 0.2) is 0 Å². The van der Waals surface area contributed by atoms with Crippen LogP contribution in [0.5, 0.6) is 0 Å². The molecule has 0 bridgehead atoms. The molecule has 118 valence electrons. The van der Waals surface area contributed by atoms with Crippen molar-refractivity contribution in [2.75, 3.05) is 27.7 Å². The highest BCUT2D eigenvalue weighted by molar-refractivity contribution is 5.94. The third-order valence-electron chi connectivity index (χ3n) is 3.67. The minimum atomic E-state index is 0.0616. The van der Waals surface area contributed by atoms with Crippen molar-refractivity contribution in [3.63, 3.8) is 0 Å². The molecular formula is C17H29N3O. The van der Waals surface area contributed by atoms with Gasteiger partial charge < -0.3 is 15.5 Å². The van der Waals surface area contributed by atoms with Crippen molar-refractivity contribution in [1.82, 2.24) is 9.80 Å². The van der Waals surface area contributed by atoms with Gasteiger partial charge in [0, 0.05) is 31.7 Å². The van der Waals surface area contributed by atoms with Crippen molar-refractivity contribution in [3.8, 4) is 0 Å². The predicted molar refractivity (Wildman–Crippen MR) is 88.2 cm³/mol. The standard InChI is InChI=1S/C17H29N3O/c1-13(2)16(18)9-10-20(5)17(21)15-8-6-7-14(11-15)12-19(3)4/h6-8,11,13,16H,9-10,12,18H2,1-5H3. The highest BCUT2D eigenvalue weighted by Gasteiger charge is 2.14. The second-order valence-electron chi connectivity index (χ2n) is 6.36. The normalized spacial score (nSPS) is 12.8. The van der Waals surface area contributed by atoms with Crippen LogP contribution in [0, 0.1) is 5.92 Å². The summed E-state index contributed by atoms with van der Waals surface area (Å²) in [4.78, 5) is 16.3. The Morgan fingerprint density at radius 3 is 2.48 bits per heavy atom. The van der Waals surface area contributed by atoms with Crippen LogP contribution in [0.1, 0.15) is 36.2 Å². The molecule has 4 nitrogen and oxygen atoms in total. The van der Waals surface area contributed by atoms with Gasteiger partial charge in [0.05, 0.1) is 0 Å². The van der Waals surface area contributed by atoms with Crippen LogP contribution in [0.15, 0.2) is 24.3 Å². The molecule has 1 unspecified atom stereocenters. The molecule has 0 aliphatic rings. The predicted octanol–water partition coefficient (Wildman–Crippen LogP) is 2.19. The van der Waals surface area contributed by atoms with Crippen molar-refractivity contribution in [2.45, 2.75) is 32.9 Å². The zero-order valence-electron chi connectivity index (χ0n) is 14.0. The Kier molecular flexibility index (Phi) is 6.85. The third kappa shape index (κ3) is 5.86. The SMILES string of the molecule is CC(C)C(N)CCN(C)C(=O)c1cccc(CN(C)C)c1. The quantitative estimate of drug-likeness (QED) is 0.838. The number of hydrogen-bond donors (Lipinski definition) is 1. The summed E-state index contributed by atoms with van der Waals surface area (Å²) in [7, 11) is 5.88. The van der Waals surface area contributed by atoms with Crippen LogP contribution in [0.3, 0.4) is 0 Å². The van der Waals surface area contributed by atoms with Gasteiger partial charge in [-0.15, -0.1) is 0 Å². The first kappa shape index (κ1) is 17.7.